The summed E-state index contributed by atoms with van der Waals surface area (Å²) in [6, 6.07) is 16.0. The van der Waals surface area contributed by atoms with Gasteiger partial charge in [-0.2, -0.15) is 10.2 Å². The number of rotatable bonds is 0. The Morgan fingerprint density at radius 1 is 0.667 bits per heavy atom. The summed E-state index contributed by atoms with van der Waals surface area (Å²) < 4.78 is 0. The van der Waals surface area contributed by atoms with Gasteiger partial charge in [0.15, 0.2) is 0 Å². The molecule has 24 heavy (non-hydrogen) atoms. The molecule has 0 aliphatic heterocycles. The Balaban J connectivity index is 0.000000185. The molecular weight excluding hydrogens is 490 g/mol. The van der Waals surface area contributed by atoms with Crippen molar-refractivity contribution in [1.29, 1.82) is 0 Å². The molecule has 124 valence electrons. The molecular formula is C14H12Cl4N4NaRu+. The number of aromatic amines is 2. The third kappa shape index (κ3) is 8.51. The second kappa shape index (κ2) is 11.0. The van der Waals surface area contributed by atoms with Gasteiger partial charge in [-0.1, -0.05) is 36.4 Å². The van der Waals surface area contributed by atoms with Gasteiger partial charge in [0.25, 0.3) is 0 Å². The number of fused-ring (bicyclic) bond motifs is 2. The van der Waals surface area contributed by atoms with Gasteiger partial charge >= 0.3 is 79.1 Å². The average molecular weight is 502 g/mol. The maximum Gasteiger partial charge on any atom is 1.00 e. The molecule has 10 heteroatoms. The SMILES string of the molecule is [Cl][Ru]([Cl])([Cl])[Cl].[Na+].c1ccc2[nH]ncc2c1.c1ccc2[nH]ncc2c1. The summed E-state index contributed by atoms with van der Waals surface area (Å²) in [7, 11) is 17.0. The van der Waals surface area contributed by atoms with E-state index in [4.69, 9.17) is 38.8 Å². The third-order valence-corrected chi connectivity index (χ3v) is 2.70. The average Bonchev–Trinajstić information content (AvgIpc) is 3.15. The van der Waals surface area contributed by atoms with Crippen molar-refractivity contribution in [3.05, 3.63) is 60.9 Å². The molecule has 0 aliphatic rings. The van der Waals surface area contributed by atoms with E-state index in [0.717, 1.165) is 21.8 Å². The number of halogens is 4. The number of nitrogens with zero attached hydrogens (tertiary/aromatic N) is 2. The second-order valence-corrected chi connectivity index (χ2v) is 20.1. The first-order chi connectivity index (χ1) is 10.9. The van der Waals surface area contributed by atoms with Gasteiger partial charge in [0, 0.05) is 10.8 Å². The summed E-state index contributed by atoms with van der Waals surface area (Å²) in [6.07, 6.45) is 3.63. The summed E-state index contributed by atoms with van der Waals surface area (Å²) in [6.45, 7) is 0. The van der Waals surface area contributed by atoms with E-state index in [0.29, 0.717) is 0 Å². The van der Waals surface area contributed by atoms with E-state index in [-0.39, 0.29) is 29.6 Å². The molecule has 4 rings (SSSR count). The summed E-state index contributed by atoms with van der Waals surface area (Å²) in [4.78, 5) is 0. The Morgan fingerprint density at radius 3 is 1.33 bits per heavy atom. The Hall–Kier alpha value is 0.163. The maximum atomic E-state index is 5.00. The molecule has 0 saturated carbocycles. The zero-order valence-electron chi connectivity index (χ0n) is 12.5. The molecule has 4 aromatic rings. The zero-order valence-corrected chi connectivity index (χ0v) is 19.3. The van der Waals surface area contributed by atoms with Crippen molar-refractivity contribution in [2.45, 2.75) is 0 Å². The molecule has 0 fully saturated rings. The van der Waals surface area contributed by atoms with E-state index in [1.807, 2.05) is 60.9 Å². The van der Waals surface area contributed by atoms with Crippen LogP contribution in [0.15, 0.2) is 60.9 Å². The molecule has 2 heterocycles. The molecule has 0 saturated heterocycles. The fourth-order valence-corrected chi connectivity index (χ4v) is 1.77. The van der Waals surface area contributed by atoms with Crippen LogP contribution in [0.5, 0.6) is 0 Å². The number of aromatic nitrogens is 4. The summed E-state index contributed by atoms with van der Waals surface area (Å²) in [5.41, 5.74) is 2.19. The molecule has 4 nitrogen and oxygen atoms in total. The first kappa shape index (κ1) is 22.2. The normalized spacial score (nSPS) is 10.8. The summed E-state index contributed by atoms with van der Waals surface area (Å²) >= 11 is 0. The minimum absolute atomic E-state index is 0. The number of H-pyrrole nitrogens is 2. The Morgan fingerprint density at radius 2 is 1.00 bits per heavy atom. The fraction of sp³-hybridized carbons (Fsp3) is 0. The quantitative estimate of drug-likeness (QED) is 0.364. The zero-order chi connectivity index (χ0) is 16.7. The van der Waals surface area contributed by atoms with E-state index in [1.54, 1.807) is 0 Å². The van der Waals surface area contributed by atoms with Gasteiger partial charge in [-0.3, -0.25) is 10.2 Å². The van der Waals surface area contributed by atoms with Gasteiger partial charge in [-0.05, 0) is 12.1 Å². The van der Waals surface area contributed by atoms with Gasteiger partial charge in [0.05, 0.1) is 23.4 Å². The van der Waals surface area contributed by atoms with Crippen molar-refractivity contribution < 1.29 is 40.4 Å². The number of hydrogen-bond donors (Lipinski definition) is 2. The Labute approximate surface area is 180 Å². The van der Waals surface area contributed by atoms with Crippen LogP contribution < -0.4 is 29.6 Å². The van der Waals surface area contributed by atoms with Crippen LogP contribution >= 0.6 is 38.8 Å². The van der Waals surface area contributed by atoms with E-state index >= 15 is 0 Å². The van der Waals surface area contributed by atoms with Crippen molar-refractivity contribution in [3.63, 3.8) is 0 Å². The number of benzene rings is 2. The third-order valence-electron chi connectivity index (χ3n) is 2.70. The second-order valence-electron chi connectivity index (χ2n) is 4.22. The van der Waals surface area contributed by atoms with E-state index < -0.39 is 10.8 Å². The van der Waals surface area contributed by atoms with Crippen LogP contribution in [0, 0.1) is 0 Å². The van der Waals surface area contributed by atoms with Crippen LogP contribution in [0.2, 0.25) is 0 Å². The van der Waals surface area contributed by atoms with Crippen molar-refractivity contribution in [3.8, 4) is 0 Å². The standard InChI is InChI=1S/2C7H6N2.4ClH.Na.Ru/c2*1-2-4-7-6(3-1)5-8-9-7;;;;;;/h2*1-5H,(H,8,9);4*1H;;/q;;;;;;+1;+4/p-4. The van der Waals surface area contributed by atoms with Crippen LogP contribution in [-0.4, -0.2) is 20.4 Å². The first-order valence-electron chi connectivity index (χ1n) is 6.23. The van der Waals surface area contributed by atoms with Gasteiger partial charge in [0.1, 0.15) is 0 Å². The molecule has 2 aromatic carbocycles. The van der Waals surface area contributed by atoms with Crippen LogP contribution in [0.3, 0.4) is 0 Å². The Kier molecular flexibility index (Phi) is 10.2. The Bertz CT molecular complexity index is 730. The monoisotopic (exact) mass is 501 g/mol. The van der Waals surface area contributed by atoms with Gasteiger partial charge in [0.2, 0.25) is 0 Å². The first-order valence-corrected chi connectivity index (χ1v) is 15.2. The van der Waals surface area contributed by atoms with Gasteiger partial charge < -0.3 is 0 Å². The number of hydrogen-bond acceptors (Lipinski definition) is 2. The molecule has 0 unspecified atom stereocenters. The van der Waals surface area contributed by atoms with Crippen molar-refractivity contribution >= 4 is 60.6 Å². The summed E-state index contributed by atoms with van der Waals surface area (Å²) in [5, 5.41) is 15.8. The molecule has 2 N–H and O–H groups in total. The van der Waals surface area contributed by atoms with Crippen LogP contribution in [-0.2, 0) is 10.8 Å². The largest absolute Gasteiger partial charge is 1.00 e. The van der Waals surface area contributed by atoms with E-state index in [1.165, 1.54) is 0 Å². The summed E-state index contributed by atoms with van der Waals surface area (Å²) in [5.74, 6) is 0. The topological polar surface area (TPSA) is 57.4 Å². The number of nitrogens with one attached hydrogen (secondary N) is 2. The molecule has 0 atom stereocenters. The maximum absolute atomic E-state index is 5.00. The minimum atomic E-state index is -2.97. The minimum Gasteiger partial charge on any atom is -0.278 e. The molecule has 0 aliphatic carbocycles. The smallest absolute Gasteiger partial charge is 0.278 e. The van der Waals surface area contributed by atoms with E-state index in [9.17, 15) is 0 Å². The van der Waals surface area contributed by atoms with Crippen LogP contribution in [0.4, 0.5) is 0 Å². The molecule has 0 radical (unpaired) electrons. The molecule has 0 bridgehead atoms. The molecule has 2 aromatic heterocycles. The van der Waals surface area contributed by atoms with E-state index in [2.05, 4.69) is 20.4 Å². The van der Waals surface area contributed by atoms with Crippen molar-refractivity contribution in [1.82, 2.24) is 20.4 Å². The van der Waals surface area contributed by atoms with Gasteiger partial charge in [-0.15, -0.1) is 0 Å². The number of para-hydroxylation sites is 2. The predicted molar refractivity (Wildman–Crippen MR) is 95.6 cm³/mol. The van der Waals surface area contributed by atoms with Crippen LogP contribution in [0.1, 0.15) is 0 Å². The molecule has 0 spiro atoms. The molecule has 0 amide bonds. The van der Waals surface area contributed by atoms with Crippen molar-refractivity contribution in [2.75, 3.05) is 0 Å². The fourth-order valence-electron chi connectivity index (χ4n) is 1.77. The predicted octanol–water partition coefficient (Wildman–Crippen LogP) is 2.89. The van der Waals surface area contributed by atoms with Crippen molar-refractivity contribution in [2.24, 2.45) is 0 Å². The van der Waals surface area contributed by atoms with Crippen LogP contribution in [0.25, 0.3) is 21.8 Å². The van der Waals surface area contributed by atoms with Gasteiger partial charge in [-0.25, -0.2) is 0 Å².